The van der Waals surface area contributed by atoms with Crippen LogP contribution in [0.2, 0.25) is 0 Å². The van der Waals surface area contributed by atoms with E-state index < -0.39 is 0 Å². The summed E-state index contributed by atoms with van der Waals surface area (Å²) in [5.74, 6) is 0.573. The number of nitrogens with one attached hydrogen (secondary N) is 2. The van der Waals surface area contributed by atoms with Crippen LogP contribution in [-0.2, 0) is 0 Å². The summed E-state index contributed by atoms with van der Waals surface area (Å²) in [6, 6.07) is 9.63. The minimum atomic E-state index is -0.380. The molecule has 0 spiro atoms. The summed E-state index contributed by atoms with van der Waals surface area (Å²) in [5.41, 5.74) is 0. The summed E-state index contributed by atoms with van der Waals surface area (Å²) in [4.78, 5) is 11.4. The normalized spacial score (nSPS) is 18.9. The summed E-state index contributed by atoms with van der Waals surface area (Å²) in [6.07, 6.45) is 3.02. The molecule has 1 heterocycles. The van der Waals surface area contributed by atoms with Crippen LogP contribution in [0, 0.1) is 0 Å². The second-order valence-electron chi connectivity index (χ2n) is 4.21. The number of para-hydroxylation sites is 1. The van der Waals surface area contributed by atoms with E-state index in [0.29, 0.717) is 18.3 Å². The van der Waals surface area contributed by atoms with E-state index in [2.05, 4.69) is 10.6 Å². The molecule has 4 nitrogen and oxygen atoms in total. The number of rotatable bonds is 4. The molecule has 0 saturated carbocycles. The monoisotopic (exact) mass is 234 g/mol. The van der Waals surface area contributed by atoms with Crippen LogP contribution in [-0.4, -0.2) is 25.2 Å². The topological polar surface area (TPSA) is 50.4 Å². The van der Waals surface area contributed by atoms with Gasteiger partial charge in [0.2, 0.25) is 0 Å². The highest BCUT2D eigenvalue weighted by Crippen LogP contribution is 2.09. The Bertz CT molecular complexity index is 348. The van der Waals surface area contributed by atoms with Crippen molar-refractivity contribution in [2.24, 2.45) is 0 Å². The van der Waals surface area contributed by atoms with Crippen LogP contribution in [0.5, 0.6) is 5.75 Å². The number of carbonyl (C=O) groups excluding carboxylic acids is 1. The Hall–Kier alpha value is -1.55. The van der Waals surface area contributed by atoms with Crippen LogP contribution in [0.1, 0.15) is 19.3 Å². The van der Waals surface area contributed by atoms with E-state index in [9.17, 15) is 4.79 Å². The molecule has 0 aliphatic carbocycles. The van der Waals surface area contributed by atoms with Crippen LogP contribution < -0.4 is 15.4 Å². The minimum Gasteiger partial charge on any atom is -0.410 e. The molecule has 1 fully saturated rings. The molecule has 1 aromatic carbocycles. The molecule has 2 N–H and O–H groups in total. The Labute approximate surface area is 101 Å². The highest BCUT2D eigenvalue weighted by molar-refractivity contribution is 5.70. The van der Waals surface area contributed by atoms with Crippen molar-refractivity contribution in [1.29, 1.82) is 0 Å². The fourth-order valence-electron chi connectivity index (χ4n) is 1.98. The van der Waals surface area contributed by atoms with Crippen molar-refractivity contribution in [3.63, 3.8) is 0 Å². The molecule has 0 radical (unpaired) electrons. The van der Waals surface area contributed by atoms with Crippen molar-refractivity contribution in [3.8, 4) is 5.75 Å². The lowest BCUT2D eigenvalue weighted by Crippen LogP contribution is -2.32. The van der Waals surface area contributed by atoms with Gasteiger partial charge in [0.1, 0.15) is 5.75 Å². The molecule has 1 unspecified atom stereocenters. The molecule has 92 valence electrons. The van der Waals surface area contributed by atoms with Crippen LogP contribution in [0.3, 0.4) is 0 Å². The lowest BCUT2D eigenvalue weighted by atomic mass is 10.2. The summed E-state index contributed by atoms with van der Waals surface area (Å²) in [7, 11) is 0. The molecule has 1 aliphatic rings. The predicted octanol–water partition coefficient (Wildman–Crippen LogP) is 1.92. The van der Waals surface area contributed by atoms with E-state index in [4.69, 9.17) is 4.74 Å². The standard InChI is InChI=1S/C13H18N2O2/c16-13(17-12-6-2-1-3-7-12)15-10-8-11-5-4-9-14-11/h1-3,6-7,11,14H,4-5,8-10H2,(H,15,16). The molecular formula is C13H18N2O2. The van der Waals surface area contributed by atoms with Crippen molar-refractivity contribution in [2.75, 3.05) is 13.1 Å². The Morgan fingerprint density at radius 2 is 2.24 bits per heavy atom. The predicted molar refractivity (Wildman–Crippen MR) is 66.1 cm³/mol. The molecule has 0 aromatic heterocycles. The van der Waals surface area contributed by atoms with E-state index in [1.54, 1.807) is 12.1 Å². The Balaban J connectivity index is 1.64. The maximum Gasteiger partial charge on any atom is 0.412 e. The van der Waals surface area contributed by atoms with E-state index in [1.807, 2.05) is 18.2 Å². The van der Waals surface area contributed by atoms with Gasteiger partial charge in [-0.05, 0) is 37.9 Å². The fraction of sp³-hybridized carbons (Fsp3) is 0.462. The lowest BCUT2D eigenvalue weighted by molar-refractivity contribution is 0.200. The SMILES string of the molecule is O=C(NCCC1CCCN1)Oc1ccccc1. The fourth-order valence-corrected chi connectivity index (χ4v) is 1.98. The molecule has 1 amide bonds. The van der Waals surface area contributed by atoms with Gasteiger partial charge in [0.05, 0.1) is 0 Å². The Morgan fingerprint density at radius 1 is 1.41 bits per heavy atom. The van der Waals surface area contributed by atoms with Crippen LogP contribution in [0.4, 0.5) is 4.79 Å². The number of benzene rings is 1. The van der Waals surface area contributed by atoms with E-state index in [0.717, 1.165) is 13.0 Å². The van der Waals surface area contributed by atoms with Gasteiger partial charge in [0.25, 0.3) is 0 Å². The van der Waals surface area contributed by atoms with Crippen molar-refractivity contribution in [2.45, 2.75) is 25.3 Å². The van der Waals surface area contributed by atoms with Gasteiger partial charge < -0.3 is 15.4 Å². The molecular weight excluding hydrogens is 216 g/mol. The number of ether oxygens (including phenoxy) is 1. The summed E-state index contributed by atoms with van der Waals surface area (Å²) in [6.45, 7) is 1.75. The van der Waals surface area contributed by atoms with E-state index >= 15 is 0 Å². The zero-order valence-electron chi connectivity index (χ0n) is 9.82. The molecule has 0 bridgehead atoms. The third kappa shape index (κ3) is 4.07. The highest BCUT2D eigenvalue weighted by Gasteiger charge is 2.13. The molecule has 1 atom stereocenters. The van der Waals surface area contributed by atoms with Crippen LogP contribution >= 0.6 is 0 Å². The maximum absolute atomic E-state index is 11.4. The minimum absolute atomic E-state index is 0.380. The Kier molecular flexibility index (Phi) is 4.38. The van der Waals surface area contributed by atoms with Gasteiger partial charge in [-0.25, -0.2) is 4.79 Å². The van der Waals surface area contributed by atoms with Gasteiger partial charge in [0, 0.05) is 12.6 Å². The van der Waals surface area contributed by atoms with Crippen molar-refractivity contribution < 1.29 is 9.53 Å². The Morgan fingerprint density at radius 3 is 2.94 bits per heavy atom. The van der Waals surface area contributed by atoms with Gasteiger partial charge >= 0.3 is 6.09 Å². The summed E-state index contributed by atoms with van der Waals surface area (Å²) < 4.78 is 5.11. The zero-order valence-corrected chi connectivity index (χ0v) is 9.82. The van der Waals surface area contributed by atoms with Gasteiger partial charge in [-0.3, -0.25) is 0 Å². The van der Waals surface area contributed by atoms with Crippen LogP contribution in [0.15, 0.2) is 30.3 Å². The molecule has 1 aliphatic heterocycles. The third-order valence-corrected chi connectivity index (χ3v) is 2.88. The summed E-state index contributed by atoms with van der Waals surface area (Å²) in [5, 5.41) is 6.14. The number of hydrogen-bond donors (Lipinski definition) is 2. The quantitative estimate of drug-likeness (QED) is 0.836. The van der Waals surface area contributed by atoms with Crippen molar-refractivity contribution in [3.05, 3.63) is 30.3 Å². The number of amides is 1. The van der Waals surface area contributed by atoms with E-state index in [-0.39, 0.29) is 6.09 Å². The van der Waals surface area contributed by atoms with Gasteiger partial charge in [-0.1, -0.05) is 18.2 Å². The van der Waals surface area contributed by atoms with Crippen molar-refractivity contribution >= 4 is 6.09 Å². The molecule has 17 heavy (non-hydrogen) atoms. The van der Waals surface area contributed by atoms with Crippen LogP contribution in [0.25, 0.3) is 0 Å². The smallest absolute Gasteiger partial charge is 0.410 e. The van der Waals surface area contributed by atoms with Gasteiger partial charge in [0.15, 0.2) is 0 Å². The first-order valence-electron chi connectivity index (χ1n) is 6.09. The third-order valence-electron chi connectivity index (χ3n) is 2.88. The first kappa shape index (κ1) is 11.9. The first-order chi connectivity index (χ1) is 8.34. The average molecular weight is 234 g/mol. The number of carbonyl (C=O) groups is 1. The largest absolute Gasteiger partial charge is 0.412 e. The molecule has 1 aromatic rings. The molecule has 2 rings (SSSR count). The first-order valence-corrected chi connectivity index (χ1v) is 6.09. The van der Waals surface area contributed by atoms with Crippen molar-refractivity contribution in [1.82, 2.24) is 10.6 Å². The second kappa shape index (κ2) is 6.25. The zero-order chi connectivity index (χ0) is 11.9. The lowest BCUT2D eigenvalue weighted by Gasteiger charge is -2.10. The second-order valence-corrected chi connectivity index (χ2v) is 4.21. The van der Waals surface area contributed by atoms with Gasteiger partial charge in [-0.2, -0.15) is 0 Å². The maximum atomic E-state index is 11.4. The van der Waals surface area contributed by atoms with E-state index in [1.165, 1.54) is 12.8 Å². The highest BCUT2D eigenvalue weighted by atomic mass is 16.5. The summed E-state index contributed by atoms with van der Waals surface area (Å²) >= 11 is 0. The molecule has 4 heteroatoms. The van der Waals surface area contributed by atoms with Gasteiger partial charge in [-0.15, -0.1) is 0 Å². The average Bonchev–Trinajstić information content (AvgIpc) is 2.83. The number of hydrogen-bond acceptors (Lipinski definition) is 3. The molecule has 1 saturated heterocycles.